The summed E-state index contributed by atoms with van der Waals surface area (Å²) in [5.74, 6) is 0.0264. The topological polar surface area (TPSA) is 75.9 Å². The second-order valence-corrected chi connectivity index (χ2v) is 6.90. The van der Waals surface area contributed by atoms with Crippen molar-refractivity contribution < 1.29 is 14.3 Å². The van der Waals surface area contributed by atoms with E-state index < -0.39 is 5.54 Å². The standard InChI is InChI=1S/C19H27N3O3/c1-2-15-3-5-16(6-4-15)17(23)21-9-11-22(12-10-21)18(24)19(20)7-13-25-14-8-19/h3-6H,2,7-14,20H2,1H3. The van der Waals surface area contributed by atoms with Gasteiger partial charge in [-0.05, 0) is 37.0 Å². The van der Waals surface area contributed by atoms with Crippen molar-refractivity contribution in [3.05, 3.63) is 35.4 Å². The molecule has 0 saturated carbocycles. The molecule has 136 valence electrons. The van der Waals surface area contributed by atoms with Gasteiger partial charge in [-0.25, -0.2) is 0 Å². The molecule has 0 radical (unpaired) electrons. The zero-order valence-corrected chi connectivity index (χ0v) is 14.9. The Morgan fingerprint density at radius 1 is 1.04 bits per heavy atom. The number of rotatable bonds is 3. The Labute approximate surface area is 148 Å². The van der Waals surface area contributed by atoms with Gasteiger partial charge in [0, 0.05) is 45.0 Å². The van der Waals surface area contributed by atoms with Gasteiger partial charge in [0.05, 0.1) is 5.54 Å². The normalized spacial score (nSPS) is 20.4. The van der Waals surface area contributed by atoms with Gasteiger partial charge in [-0.3, -0.25) is 9.59 Å². The minimum atomic E-state index is -0.805. The molecule has 0 bridgehead atoms. The molecule has 6 heteroatoms. The van der Waals surface area contributed by atoms with Crippen LogP contribution < -0.4 is 5.73 Å². The largest absolute Gasteiger partial charge is 0.381 e. The first-order valence-electron chi connectivity index (χ1n) is 9.08. The monoisotopic (exact) mass is 345 g/mol. The van der Waals surface area contributed by atoms with Crippen LogP contribution in [0.25, 0.3) is 0 Å². The highest BCUT2D eigenvalue weighted by atomic mass is 16.5. The van der Waals surface area contributed by atoms with Crippen LogP contribution in [0.3, 0.4) is 0 Å². The molecule has 3 rings (SSSR count). The van der Waals surface area contributed by atoms with E-state index in [1.807, 2.05) is 29.2 Å². The van der Waals surface area contributed by atoms with Crippen LogP contribution in [0.15, 0.2) is 24.3 Å². The van der Waals surface area contributed by atoms with Crippen molar-refractivity contribution >= 4 is 11.8 Å². The van der Waals surface area contributed by atoms with E-state index in [0.717, 1.165) is 6.42 Å². The molecule has 2 heterocycles. The molecule has 2 aliphatic heterocycles. The fourth-order valence-corrected chi connectivity index (χ4v) is 3.44. The molecular weight excluding hydrogens is 318 g/mol. The van der Waals surface area contributed by atoms with Gasteiger partial charge >= 0.3 is 0 Å². The van der Waals surface area contributed by atoms with Crippen molar-refractivity contribution in [2.24, 2.45) is 5.73 Å². The van der Waals surface area contributed by atoms with Crippen LogP contribution in [0.4, 0.5) is 0 Å². The van der Waals surface area contributed by atoms with E-state index in [4.69, 9.17) is 10.5 Å². The summed E-state index contributed by atoms with van der Waals surface area (Å²) >= 11 is 0. The number of nitrogens with two attached hydrogens (primary N) is 1. The maximum Gasteiger partial charge on any atom is 0.253 e. The van der Waals surface area contributed by atoms with Crippen LogP contribution >= 0.6 is 0 Å². The van der Waals surface area contributed by atoms with Crippen LogP contribution in [0.1, 0.15) is 35.7 Å². The highest BCUT2D eigenvalue weighted by Gasteiger charge is 2.40. The van der Waals surface area contributed by atoms with Gasteiger partial charge in [0.15, 0.2) is 0 Å². The van der Waals surface area contributed by atoms with Crippen LogP contribution in [0.2, 0.25) is 0 Å². The minimum absolute atomic E-state index is 0.00445. The molecule has 1 aromatic rings. The zero-order valence-electron chi connectivity index (χ0n) is 14.9. The highest BCUT2D eigenvalue weighted by molar-refractivity contribution is 5.94. The lowest BCUT2D eigenvalue weighted by atomic mass is 9.89. The number of carbonyl (C=O) groups is 2. The number of carbonyl (C=O) groups excluding carboxylic acids is 2. The predicted molar refractivity (Wildman–Crippen MR) is 95.3 cm³/mol. The van der Waals surface area contributed by atoms with E-state index in [2.05, 4.69) is 6.92 Å². The lowest BCUT2D eigenvalue weighted by molar-refractivity contribution is -0.142. The number of hydrogen-bond donors (Lipinski definition) is 1. The maximum absolute atomic E-state index is 12.7. The number of piperazine rings is 1. The second kappa shape index (κ2) is 7.54. The number of hydrogen-bond acceptors (Lipinski definition) is 4. The van der Waals surface area contributed by atoms with Crippen LogP contribution in [0, 0.1) is 0 Å². The van der Waals surface area contributed by atoms with Gasteiger partial charge in [-0.2, -0.15) is 0 Å². The van der Waals surface area contributed by atoms with E-state index in [1.165, 1.54) is 5.56 Å². The summed E-state index contributed by atoms with van der Waals surface area (Å²) in [6, 6.07) is 7.76. The molecule has 2 fully saturated rings. The Balaban J connectivity index is 1.57. The average Bonchev–Trinajstić information content (AvgIpc) is 2.67. The molecule has 2 aliphatic rings. The molecule has 0 unspecified atom stereocenters. The third-order valence-electron chi connectivity index (χ3n) is 5.27. The summed E-state index contributed by atoms with van der Waals surface area (Å²) in [4.78, 5) is 29.0. The quantitative estimate of drug-likeness (QED) is 0.888. The number of amides is 2. The Morgan fingerprint density at radius 3 is 2.16 bits per heavy atom. The van der Waals surface area contributed by atoms with Gasteiger partial charge < -0.3 is 20.3 Å². The van der Waals surface area contributed by atoms with E-state index in [0.29, 0.717) is 57.8 Å². The molecule has 0 spiro atoms. The first-order valence-corrected chi connectivity index (χ1v) is 9.08. The lowest BCUT2D eigenvalue weighted by Gasteiger charge is -2.40. The molecule has 0 aromatic heterocycles. The fraction of sp³-hybridized carbons (Fsp3) is 0.579. The number of benzene rings is 1. The Kier molecular flexibility index (Phi) is 5.39. The van der Waals surface area contributed by atoms with Crippen molar-refractivity contribution in [3.8, 4) is 0 Å². The van der Waals surface area contributed by atoms with Crippen molar-refractivity contribution in [2.45, 2.75) is 31.7 Å². The lowest BCUT2D eigenvalue weighted by Crippen LogP contribution is -2.61. The molecule has 6 nitrogen and oxygen atoms in total. The van der Waals surface area contributed by atoms with E-state index >= 15 is 0 Å². The van der Waals surface area contributed by atoms with Crippen LogP contribution in [-0.4, -0.2) is 66.5 Å². The summed E-state index contributed by atoms with van der Waals surface area (Å²) in [5.41, 5.74) is 7.41. The average molecular weight is 345 g/mol. The summed E-state index contributed by atoms with van der Waals surface area (Å²) in [7, 11) is 0. The highest BCUT2D eigenvalue weighted by Crippen LogP contribution is 2.21. The summed E-state index contributed by atoms with van der Waals surface area (Å²) in [6.07, 6.45) is 2.09. The van der Waals surface area contributed by atoms with Gasteiger partial charge in [-0.15, -0.1) is 0 Å². The molecule has 0 aliphatic carbocycles. The SMILES string of the molecule is CCc1ccc(C(=O)N2CCN(C(=O)C3(N)CCOCC3)CC2)cc1. The van der Waals surface area contributed by atoms with E-state index in [-0.39, 0.29) is 11.8 Å². The van der Waals surface area contributed by atoms with E-state index in [9.17, 15) is 9.59 Å². The molecule has 25 heavy (non-hydrogen) atoms. The third kappa shape index (κ3) is 3.85. The summed E-state index contributed by atoms with van der Waals surface area (Å²) in [6.45, 7) is 5.34. The van der Waals surface area contributed by atoms with Gasteiger partial charge in [0.2, 0.25) is 5.91 Å². The van der Waals surface area contributed by atoms with Crippen LogP contribution in [0.5, 0.6) is 0 Å². The number of aryl methyl sites for hydroxylation is 1. The number of nitrogens with zero attached hydrogens (tertiary/aromatic N) is 2. The molecule has 0 atom stereocenters. The van der Waals surface area contributed by atoms with Crippen molar-refractivity contribution in [3.63, 3.8) is 0 Å². The van der Waals surface area contributed by atoms with Gasteiger partial charge in [0.25, 0.3) is 5.91 Å². The Hall–Kier alpha value is -1.92. The second-order valence-electron chi connectivity index (χ2n) is 6.90. The fourth-order valence-electron chi connectivity index (χ4n) is 3.44. The minimum Gasteiger partial charge on any atom is -0.381 e. The first-order chi connectivity index (χ1) is 12.0. The van der Waals surface area contributed by atoms with Gasteiger partial charge in [0.1, 0.15) is 0 Å². The molecule has 1 aromatic carbocycles. The smallest absolute Gasteiger partial charge is 0.253 e. The van der Waals surface area contributed by atoms with Crippen LogP contribution in [-0.2, 0) is 16.0 Å². The molecule has 2 amide bonds. The first kappa shape index (κ1) is 17.9. The van der Waals surface area contributed by atoms with E-state index in [1.54, 1.807) is 4.90 Å². The van der Waals surface area contributed by atoms with Crippen molar-refractivity contribution in [2.75, 3.05) is 39.4 Å². The molecular formula is C19H27N3O3. The summed E-state index contributed by atoms with van der Waals surface area (Å²) in [5, 5.41) is 0. The van der Waals surface area contributed by atoms with Crippen molar-refractivity contribution in [1.82, 2.24) is 9.80 Å². The molecule has 2 saturated heterocycles. The van der Waals surface area contributed by atoms with Crippen molar-refractivity contribution in [1.29, 1.82) is 0 Å². The molecule has 2 N–H and O–H groups in total. The summed E-state index contributed by atoms with van der Waals surface area (Å²) < 4.78 is 5.31. The Morgan fingerprint density at radius 2 is 1.60 bits per heavy atom. The maximum atomic E-state index is 12.7. The number of ether oxygens (including phenoxy) is 1. The Bertz CT molecular complexity index is 615. The predicted octanol–water partition coefficient (Wildman–Crippen LogP) is 1.04. The van der Waals surface area contributed by atoms with Gasteiger partial charge in [-0.1, -0.05) is 19.1 Å². The third-order valence-corrected chi connectivity index (χ3v) is 5.27. The zero-order chi connectivity index (χ0) is 17.9.